The van der Waals surface area contributed by atoms with Gasteiger partial charge in [0.05, 0.1) is 13.2 Å². The largest absolute Gasteiger partial charge is 0.508 e. The Morgan fingerprint density at radius 1 is 1.06 bits per heavy atom. The van der Waals surface area contributed by atoms with Crippen LogP contribution < -0.4 is 0 Å². The molecule has 0 heterocycles. The van der Waals surface area contributed by atoms with Crippen LogP contribution >= 0.6 is 0 Å². The van der Waals surface area contributed by atoms with Gasteiger partial charge in [-0.25, -0.2) is 9.59 Å². The van der Waals surface area contributed by atoms with E-state index in [0.717, 1.165) is 0 Å². The summed E-state index contributed by atoms with van der Waals surface area (Å²) in [4.78, 5) is 22.2. The molecule has 0 bridgehead atoms. The molecule has 0 unspecified atom stereocenters. The molecule has 0 aromatic carbocycles. The normalized spacial score (nSPS) is 10.7. The summed E-state index contributed by atoms with van der Waals surface area (Å²) < 4.78 is 14.7. The number of carbonyl (C=O) groups excluding carboxylic acids is 2. The van der Waals surface area contributed by atoms with Gasteiger partial charge in [-0.05, 0) is 40.5 Å². The molecule has 0 fully saturated rings. The van der Waals surface area contributed by atoms with Crippen LogP contribution in [0.25, 0.3) is 0 Å². The fourth-order valence-electron chi connectivity index (χ4n) is 0.927. The highest BCUT2D eigenvalue weighted by atomic mass is 16.7. The molecule has 0 atom stereocenters. The van der Waals surface area contributed by atoms with Crippen LogP contribution in [-0.2, 0) is 19.0 Å². The van der Waals surface area contributed by atoms with E-state index in [4.69, 9.17) is 14.2 Å². The SMILES string of the molecule is C=C(C)C(=O)OCCCCOC(=O)OC(C)(C)C. The molecule has 0 aliphatic rings. The van der Waals surface area contributed by atoms with E-state index in [1.165, 1.54) is 0 Å². The van der Waals surface area contributed by atoms with Crippen molar-refractivity contribution >= 4 is 12.1 Å². The smallest absolute Gasteiger partial charge is 0.462 e. The van der Waals surface area contributed by atoms with Crippen molar-refractivity contribution in [3.63, 3.8) is 0 Å². The lowest BCUT2D eigenvalue weighted by atomic mass is 10.2. The Morgan fingerprint density at radius 2 is 1.56 bits per heavy atom. The number of hydrogen-bond acceptors (Lipinski definition) is 5. The van der Waals surface area contributed by atoms with E-state index in [2.05, 4.69) is 6.58 Å². The van der Waals surface area contributed by atoms with Gasteiger partial charge in [0.25, 0.3) is 0 Å². The summed E-state index contributed by atoms with van der Waals surface area (Å²) in [7, 11) is 0. The maximum atomic E-state index is 11.1. The van der Waals surface area contributed by atoms with Crippen LogP contribution in [0, 0.1) is 0 Å². The first kappa shape index (κ1) is 16.5. The summed E-state index contributed by atoms with van der Waals surface area (Å²) in [5.74, 6) is -0.400. The first-order chi connectivity index (χ1) is 8.22. The Morgan fingerprint density at radius 3 is 2.00 bits per heavy atom. The zero-order chi connectivity index (χ0) is 14.2. The molecule has 5 nitrogen and oxygen atoms in total. The van der Waals surface area contributed by atoms with Crippen LogP contribution in [0.1, 0.15) is 40.5 Å². The van der Waals surface area contributed by atoms with E-state index >= 15 is 0 Å². The lowest BCUT2D eigenvalue weighted by Crippen LogP contribution is -2.24. The summed E-state index contributed by atoms with van der Waals surface area (Å²) >= 11 is 0. The lowest BCUT2D eigenvalue weighted by molar-refractivity contribution is -0.139. The fourth-order valence-corrected chi connectivity index (χ4v) is 0.927. The van der Waals surface area contributed by atoms with Crippen molar-refractivity contribution in [1.29, 1.82) is 0 Å². The number of carbonyl (C=O) groups is 2. The van der Waals surface area contributed by atoms with Crippen LogP contribution in [0.4, 0.5) is 4.79 Å². The van der Waals surface area contributed by atoms with E-state index in [9.17, 15) is 9.59 Å². The standard InChI is InChI=1S/C13H22O5/c1-10(2)11(14)16-8-6-7-9-17-12(15)18-13(3,4)5/h1,6-9H2,2-5H3. The van der Waals surface area contributed by atoms with Crippen LogP contribution in [-0.4, -0.2) is 30.9 Å². The van der Waals surface area contributed by atoms with Crippen molar-refractivity contribution in [2.45, 2.75) is 46.1 Å². The predicted octanol–water partition coefficient (Wildman–Crippen LogP) is 2.84. The van der Waals surface area contributed by atoms with Gasteiger partial charge in [0.15, 0.2) is 0 Å². The molecule has 0 rings (SSSR count). The average molecular weight is 258 g/mol. The molecule has 0 radical (unpaired) electrons. The zero-order valence-electron chi connectivity index (χ0n) is 11.6. The summed E-state index contributed by atoms with van der Waals surface area (Å²) in [5, 5.41) is 0. The summed E-state index contributed by atoms with van der Waals surface area (Å²) in [6.07, 6.45) is 0.561. The summed E-state index contributed by atoms with van der Waals surface area (Å²) in [6, 6.07) is 0. The van der Waals surface area contributed by atoms with Crippen LogP contribution in [0.5, 0.6) is 0 Å². The van der Waals surface area contributed by atoms with Crippen LogP contribution in [0.15, 0.2) is 12.2 Å². The van der Waals surface area contributed by atoms with Crippen LogP contribution in [0.2, 0.25) is 0 Å². The third-order valence-electron chi connectivity index (χ3n) is 1.73. The fraction of sp³-hybridized carbons (Fsp3) is 0.692. The molecule has 0 aliphatic heterocycles. The van der Waals surface area contributed by atoms with Gasteiger partial charge in [-0.1, -0.05) is 6.58 Å². The third-order valence-corrected chi connectivity index (χ3v) is 1.73. The molecule has 0 aliphatic carbocycles. The Bertz CT molecular complexity index is 301. The van der Waals surface area contributed by atoms with Crippen molar-refractivity contribution in [3.05, 3.63) is 12.2 Å². The maximum absolute atomic E-state index is 11.1. The number of ether oxygens (including phenoxy) is 3. The highest BCUT2D eigenvalue weighted by molar-refractivity contribution is 5.86. The van der Waals surface area contributed by atoms with Crippen molar-refractivity contribution in [2.75, 3.05) is 13.2 Å². The Kier molecular flexibility index (Phi) is 7.08. The topological polar surface area (TPSA) is 61.8 Å². The Hall–Kier alpha value is -1.52. The molecule has 0 saturated heterocycles. The van der Waals surface area contributed by atoms with Gasteiger partial charge in [0.2, 0.25) is 0 Å². The zero-order valence-corrected chi connectivity index (χ0v) is 11.6. The Balaban J connectivity index is 3.49. The van der Waals surface area contributed by atoms with E-state index in [0.29, 0.717) is 25.0 Å². The highest BCUT2D eigenvalue weighted by Gasteiger charge is 2.16. The molecule has 0 amide bonds. The molecular formula is C13H22O5. The third kappa shape index (κ3) is 9.69. The van der Waals surface area contributed by atoms with Crippen molar-refractivity contribution < 1.29 is 23.8 Å². The minimum Gasteiger partial charge on any atom is -0.462 e. The average Bonchev–Trinajstić information content (AvgIpc) is 2.19. The van der Waals surface area contributed by atoms with Crippen molar-refractivity contribution in [1.82, 2.24) is 0 Å². The molecule has 0 N–H and O–H groups in total. The molecule has 104 valence electrons. The first-order valence-corrected chi connectivity index (χ1v) is 5.91. The second-order valence-corrected chi connectivity index (χ2v) is 4.94. The number of unbranched alkanes of at least 4 members (excludes halogenated alkanes) is 1. The van der Waals surface area contributed by atoms with Crippen molar-refractivity contribution in [3.8, 4) is 0 Å². The molecule has 0 saturated carbocycles. The van der Waals surface area contributed by atoms with Gasteiger partial charge in [0.1, 0.15) is 5.60 Å². The number of esters is 1. The van der Waals surface area contributed by atoms with Crippen LogP contribution in [0.3, 0.4) is 0 Å². The number of rotatable bonds is 6. The van der Waals surface area contributed by atoms with Gasteiger partial charge < -0.3 is 14.2 Å². The van der Waals surface area contributed by atoms with Gasteiger partial charge in [-0.15, -0.1) is 0 Å². The number of hydrogen-bond donors (Lipinski definition) is 0. The maximum Gasteiger partial charge on any atom is 0.508 e. The second kappa shape index (κ2) is 7.74. The summed E-state index contributed by atoms with van der Waals surface area (Å²) in [5.41, 5.74) is -0.173. The van der Waals surface area contributed by atoms with E-state index < -0.39 is 17.7 Å². The Labute approximate surface area is 108 Å². The highest BCUT2D eigenvalue weighted by Crippen LogP contribution is 2.08. The minimum absolute atomic E-state index is 0.250. The molecule has 0 aromatic rings. The first-order valence-electron chi connectivity index (χ1n) is 5.91. The minimum atomic E-state index is -0.679. The van der Waals surface area contributed by atoms with Gasteiger partial charge in [0, 0.05) is 5.57 Å². The lowest BCUT2D eigenvalue weighted by Gasteiger charge is -2.18. The quantitative estimate of drug-likeness (QED) is 0.416. The molecular weight excluding hydrogens is 236 g/mol. The summed E-state index contributed by atoms with van der Waals surface area (Å²) in [6.45, 7) is 10.9. The van der Waals surface area contributed by atoms with Gasteiger partial charge in [-0.2, -0.15) is 0 Å². The monoisotopic (exact) mass is 258 g/mol. The van der Waals surface area contributed by atoms with Gasteiger partial charge >= 0.3 is 12.1 Å². The predicted molar refractivity (Wildman–Crippen MR) is 67.2 cm³/mol. The van der Waals surface area contributed by atoms with Crippen molar-refractivity contribution in [2.24, 2.45) is 0 Å². The van der Waals surface area contributed by atoms with E-state index in [1.807, 2.05) is 0 Å². The van der Waals surface area contributed by atoms with E-state index in [-0.39, 0.29) is 6.61 Å². The second-order valence-electron chi connectivity index (χ2n) is 4.94. The molecule has 5 heteroatoms. The van der Waals surface area contributed by atoms with Gasteiger partial charge in [-0.3, -0.25) is 0 Å². The molecule has 0 spiro atoms. The molecule has 18 heavy (non-hydrogen) atoms. The molecule has 0 aromatic heterocycles. The van der Waals surface area contributed by atoms with E-state index in [1.54, 1.807) is 27.7 Å².